The zero-order valence-electron chi connectivity index (χ0n) is 19.5. The maximum Gasteiger partial charge on any atom is 0.157 e. The van der Waals surface area contributed by atoms with Gasteiger partial charge in [-0.25, -0.2) is 0 Å². The molecule has 2 atom stereocenters. The lowest BCUT2D eigenvalue weighted by Gasteiger charge is -2.44. The van der Waals surface area contributed by atoms with Crippen LogP contribution in [-0.2, 0) is 4.74 Å². The molecule has 0 amide bonds. The Bertz CT molecular complexity index is 1220. The van der Waals surface area contributed by atoms with Crippen molar-refractivity contribution in [3.05, 3.63) is 58.8 Å². The maximum absolute atomic E-state index is 9.40. The molecule has 0 spiro atoms. The summed E-state index contributed by atoms with van der Waals surface area (Å²) in [7, 11) is 0. The van der Waals surface area contributed by atoms with Gasteiger partial charge in [-0.2, -0.15) is 10.4 Å². The fourth-order valence-electron chi connectivity index (χ4n) is 5.09. The molecule has 2 aliphatic rings. The molecule has 3 heterocycles. The van der Waals surface area contributed by atoms with Gasteiger partial charge >= 0.3 is 0 Å². The van der Waals surface area contributed by atoms with E-state index in [1.54, 1.807) is 0 Å². The molecule has 2 saturated heterocycles. The maximum atomic E-state index is 9.40. The first-order valence-corrected chi connectivity index (χ1v) is 11.6. The van der Waals surface area contributed by atoms with Crippen LogP contribution in [-0.4, -0.2) is 60.5 Å². The van der Waals surface area contributed by atoms with E-state index in [1.807, 2.05) is 26.0 Å². The summed E-state index contributed by atoms with van der Waals surface area (Å²) in [5.41, 5.74) is 4.92. The number of morpholine rings is 1. The summed E-state index contributed by atoms with van der Waals surface area (Å²) < 4.78 is 5.72. The Kier molecular flexibility index (Phi) is 5.88. The Balaban J connectivity index is 1.46. The molecule has 7 nitrogen and oxygen atoms in total. The SMILES string of the molecule is Cc1c(C#N)cccc1[C@@H](C)Nc1nnc(C)c2ccc(N3CCN4CCOC[C@@H]4C3)cc12. The number of fused-ring (bicyclic) bond motifs is 2. The van der Waals surface area contributed by atoms with E-state index >= 15 is 0 Å². The second-order valence-electron chi connectivity index (χ2n) is 9.07. The van der Waals surface area contributed by atoms with Crippen LogP contribution in [0.25, 0.3) is 10.8 Å². The molecular weight excluding hydrogens is 412 g/mol. The Morgan fingerprint density at radius 2 is 2.00 bits per heavy atom. The second-order valence-corrected chi connectivity index (χ2v) is 9.07. The van der Waals surface area contributed by atoms with E-state index in [2.05, 4.69) is 62.6 Å². The molecule has 7 heteroatoms. The predicted octanol–water partition coefficient (Wildman–Crippen LogP) is 3.81. The van der Waals surface area contributed by atoms with Crippen molar-refractivity contribution < 1.29 is 4.74 Å². The van der Waals surface area contributed by atoms with Crippen molar-refractivity contribution in [1.82, 2.24) is 15.1 Å². The lowest BCUT2D eigenvalue weighted by atomic mass is 9.98. The van der Waals surface area contributed by atoms with E-state index in [-0.39, 0.29) is 6.04 Å². The lowest BCUT2D eigenvalue weighted by molar-refractivity contribution is -0.0116. The van der Waals surface area contributed by atoms with Gasteiger partial charge < -0.3 is 15.0 Å². The molecule has 2 aromatic carbocycles. The van der Waals surface area contributed by atoms with Gasteiger partial charge in [-0.05, 0) is 50.1 Å². The Morgan fingerprint density at radius 1 is 1.12 bits per heavy atom. The third-order valence-corrected chi connectivity index (χ3v) is 7.07. The van der Waals surface area contributed by atoms with Crippen molar-refractivity contribution in [2.75, 3.05) is 49.6 Å². The number of anilines is 2. The second kappa shape index (κ2) is 8.97. The van der Waals surface area contributed by atoms with Crippen molar-refractivity contribution >= 4 is 22.3 Å². The standard InChI is InChI=1S/C26H30N6O/c1-17-20(14-27)5-4-6-23(17)18(2)28-26-25-13-21(7-8-24(25)19(3)29-30-26)32-10-9-31-11-12-33-16-22(31)15-32/h4-8,13,18,22H,9-12,15-16H2,1-3H3,(H,28,30)/t18-,22+/m1/s1. The van der Waals surface area contributed by atoms with Crippen LogP contribution < -0.4 is 10.2 Å². The van der Waals surface area contributed by atoms with Crippen molar-refractivity contribution in [3.63, 3.8) is 0 Å². The molecule has 0 radical (unpaired) electrons. The minimum Gasteiger partial charge on any atom is -0.378 e. The smallest absolute Gasteiger partial charge is 0.157 e. The molecule has 170 valence electrons. The normalized spacial score (nSPS) is 19.7. The van der Waals surface area contributed by atoms with Crippen LogP contribution in [0.5, 0.6) is 0 Å². The number of nitrogens with one attached hydrogen (secondary N) is 1. The highest BCUT2D eigenvalue weighted by Crippen LogP contribution is 2.32. The first kappa shape index (κ1) is 21.6. The number of hydrogen-bond donors (Lipinski definition) is 1. The average Bonchev–Trinajstić information content (AvgIpc) is 2.85. The number of ether oxygens (including phenoxy) is 1. The molecule has 2 fully saturated rings. The first-order chi connectivity index (χ1) is 16.0. The summed E-state index contributed by atoms with van der Waals surface area (Å²) in [5, 5.41) is 24.1. The highest BCUT2D eigenvalue weighted by molar-refractivity contribution is 5.95. The summed E-state index contributed by atoms with van der Waals surface area (Å²) in [5.74, 6) is 0.770. The average molecular weight is 443 g/mol. The Hall–Kier alpha value is -3.21. The largest absolute Gasteiger partial charge is 0.378 e. The van der Waals surface area contributed by atoms with E-state index in [0.717, 1.165) is 72.8 Å². The van der Waals surface area contributed by atoms with Crippen LogP contribution in [0, 0.1) is 25.2 Å². The summed E-state index contributed by atoms with van der Waals surface area (Å²) >= 11 is 0. The van der Waals surface area contributed by atoms with Crippen LogP contribution in [0.2, 0.25) is 0 Å². The lowest BCUT2D eigenvalue weighted by Crippen LogP contribution is -2.58. The number of piperazine rings is 1. The number of aryl methyl sites for hydroxylation is 1. The van der Waals surface area contributed by atoms with Crippen molar-refractivity contribution in [1.29, 1.82) is 5.26 Å². The van der Waals surface area contributed by atoms with E-state index in [0.29, 0.717) is 11.6 Å². The summed E-state index contributed by atoms with van der Waals surface area (Å²) in [6.45, 7) is 11.8. The van der Waals surface area contributed by atoms with Crippen molar-refractivity contribution in [2.24, 2.45) is 0 Å². The molecule has 0 aliphatic carbocycles. The summed E-state index contributed by atoms with van der Waals surface area (Å²) in [6, 6.07) is 15.2. The molecule has 0 saturated carbocycles. The van der Waals surface area contributed by atoms with Crippen LogP contribution >= 0.6 is 0 Å². The minimum atomic E-state index is -0.00917. The number of aromatic nitrogens is 2. The van der Waals surface area contributed by atoms with Gasteiger partial charge in [0, 0.05) is 42.6 Å². The van der Waals surface area contributed by atoms with Gasteiger partial charge in [0.2, 0.25) is 0 Å². The number of rotatable bonds is 4. The monoisotopic (exact) mass is 442 g/mol. The van der Waals surface area contributed by atoms with Crippen LogP contribution in [0.1, 0.15) is 35.3 Å². The Morgan fingerprint density at radius 3 is 2.85 bits per heavy atom. The minimum absolute atomic E-state index is 0.00917. The number of nitriles is 1. The molecule has 33 heavy (non-hydrogen) atoms. The third kappa shape index (κ3) is 4.12. The number of nitrogens with zero attached hydrogens (tertiary/aromatic N) is 5. The molecule has 2 aliphatic heterocycles. The van der Waals surface area contributed by atoms with Gasteiger partial charge in [0.05, 0.1) is 42.6 Å². The van der Waals surface area contributed by atoms with Crippen LogP contribution in [0.15, 0.2) is 36.4 Å². The van der Waals surface area contributed by atoms with Crippen molar-refractivity contribution in [3.8, 4) is 6.07 Å². The first-order valence-electron chi connectivity index (χ1n) is 11.6. The fourth-order valence-corrected chi connectivity index (χ4v) is 5.09. The van der Waals surface area contributed by atoms with Crippen LogP contribution in [0.4, 0.5) is 11.5 Å². The van der Waals surface area contributed by atoms with E-state index < -0.39 is 0 Å². The van der Waals surface area contributed by atoms with Gasteiger partial charge in [-0.3, -0.25) is 4.90 Å². The molecule has 0 unspecified atom stereocenters. The molecule has 1 N–H and O–H groups in total. The number of hydrogen-bond acceptors (Lipinski definition) is 7. The highest BCUT2D eigenvalue weighted by atomic mass is 16.5. The highest BCUT2D eigenvalue weighted by Gasteiger charge is 2.29. The molecule has 3 aromatic rings. The summed E-state index contributed by atoms with van der Waals surface area (Å²) in [6.07, 6.45) is 0. The third-order valence-electron chi connectivity index (χ3n) is 7.07. The van der Waals surface area contributed by atoms with E-state index in [1.165, 1.54) is 5.69 Å². The molecular formula is C26H30N6O. The molecule has 0 bridgehead atoms. The number of benzene rings is 2. The van der Waals surface area contributed by atoms with Gasteiger partial charge in [-0.1, -0.05) is 18.2 Å². The van der Waals surface area contributed by atoms with Gasteiger partial charge in [0.15, 0.2) is 5.82 Å². The van der Waals surface area contributed by atoms with Crippen molar-refractivity contribution in [2.45, 2.75) is 32.9 Å². The topological polar surface area (TPSA) is 77.3 Å². The fraction of sp³-hybridized carbons (Fsp3) is 0.423. The van der Waals surface area contributed by atoms with Gasteiger partial charge in [0.25, 0.3) is 0 Å². The quantitative estimate of drug-likeness (QED) is 0.658. The molecule has 5 rings (SSSR count). The van der Waals surface area contributed by atoms with Crippen LogP contribution in [0.3, 0.4) is 0 Å². The van der Waals surface area contributed by atoms with E-state index in [9.17, 15) is 5.26 Å². The summed E-state index contributed by atoms with van der Waals surface area (Å²) in [4.78, 5) is 5.00. The van der Waals surface area contributed by atoms with E-state index in [4.69, 9.17) is 4.74 Å². The van der Waals surface area contributed by atoms with Gasteiger partial charge in [0.1, 0.15) is 0 Å². The zero-order valence-corrected chi connectivity index (χ0v) is 19.5. The molecule has 1 aromatic heterocycles. The Labute approximate surface area is 195 Å². The zero-order chi connectivity index (χ0) is 22.9. The predicted molar refractivity (Wildman–Crippen MR) is 131 cm³/mol. The van der Waals surface area contributed by atoms with Gasteiger partial charge in [-0.15, -0.1) is 5.10 Å².